The Kier molecular flexibility index (Phi) is 5.12. The van der Waals surface area contributed by atoms with Crippen molar-refractivity contribution in [2.24, 2.45) is 0 Å². The number of ether oxygens (including phenoxy) is 1. The topological polar surface area (TPSA) is 75.7 Å². The van der Waals surface area contributed by atoms with Crippen LogP contribution in [0.2, 0.25) is 0 Å². The molecule has 4 rings (SSSR count). The van der Waals surface area contributed by atoms with Gasteiger partial charge in [-0.25, -0.2) is 8.42 Å². The van der Waals surface area contributed by atoms with Gasteiger partial charge in [-0.1, -0.05) is 31.2 Å². The third kappa shape index (κ3) is 3.40. The summed E-state index contributed by atoms with van der Waals surface area (Å²) in [5.41, 5.74) is 3.19. The van der Waals surface area contributed by atoms with Crippen molar-refractivity contribution in [1.29, 1.82) is 0 Å². The quantitative estimate of drug-likeness (QED) is 0.837. The zero-order valence-corrected chi connectivity index (χ0v) is 16.7. The molecule has 0 spiro atoms. The van der Waals surface area contributed by atoms with E-state index in [9.17, 15) is 13.2 Å². The third-order valence-corrected chi connectivity index (χ3v) is 7.14. The Bertz CT molecular complexity index is 997. The number of nitrogens with one attached hydrogen (secondary N) is 1. The first-order valence-corrected chi connectivity index (χ1v) is 11.1. The molecule has 0 aromatic heterocycles. The van der Waals surface area contributed by atoms with E-state index < -0.39 is 10.0 Å². The molecule has 0 radical (unpaired) electrons. The second-order valence-electron chi connectivity index (χ2n) is 7.15. The van der Waals surface area contributed by atoms with Gasteiger partial charge in [0.2, 0.25) is 5.91 Å². The van der Waals surface area contributed by atoms with Crippen LogP contribution in [0.15, 0.2) is 47.4 Å². The Morgan fingerprint density at radius 1 is 1.21 bits per heavy atom. The van der Waals surface area contributed by atoms with Crippen LogP contribution < -0.4 is 9.62 Å². The van der Waals surface area contributed by atoms with Gasteiger partial charge in [0, 0.05) is 24.3 Å². The fourth-order valence-electron chi connectivity index (χ4n) is 3.79. The number of fused-ring (bicyclic) bond motifs is 3. The highest BCUT2D eigenvalue weighted by molar-refractivity contribution is 7.93. The summed E-state index contributed by atoms with van der Waals surface area (Å²) in [7, 11) is -3.81. The minimum absolute atomic E-state index is 0.0158. The summed E-state index contributed by atoms with van der Waals surface area (Å²) < 4.78 is 33.2. The normalized spacial score (nSPS) is 19.8. The summed E-state index contributed by atoms with van der Waals surface area (Å²) >= 11 is 0. The minimum Gasteiger partial charge on any atom is -0.376 e. The summed E-state index contributed by atoms with van der Waals surface area (Å²) in [5.74, 6) is -0.330. The van der Waals surface area contributed by atoms with E-state index >= 15 is 0 Å². The number of sulfonamides is 1. The van der Waals surface area contributed by atoms with Crippen LogP contribution in [-0.4, -0.2) is 40.1 Å². The molecule has 0 bridgehead atoms. The lowest BCUT2D eigenvalue weighted by atomic mass is 9.99. The van der Waals surface area contributed by atoms with Crippen LogP contribution >= 0.6 is 0 Å². The Morgan fingerprint density at radius 3 is 2.79 bits per heavy atom. The molecule has 1 N–H and O–H groups in total. The predicted molar refractivity (Wildman–Crippen MR) is 108 cm³/mol. The van der Waals surface area contributed by atoms with Crippen molar-refractivity contribution in [3.63, 3.8) is 0 Å². The van der Waals surface area contributed by atoms with Crippen molar-refractivity contribution >= 4 is 21.6 Å². The van der Waals surface area contributed by atoms with Crippen LogP contribution in [0.3, 0.4) is 0 Å². The number of benzene rings is 2. The van der Waals surface area contributed by atoms with Gasteiger partial charge in [-0.05, 0) is 43.0 Å². The average Bonchev–Trinajstić information content (AvgIpc) is 3.23. The zero-order chi connectivity index (χ0) is 19.7. The smallest absolute Gasteiger partial charge is 0.265 e. The molecule has 148 valence electrons. The van der Waals surface area contributed by atoms with Crippen molar-refractivity contribution in [3.8, 4) is 11.1 Å². The van der Waals surface area contributed by atoms with E-state index in [1.807, 2.05) is 24.3 Å². The number of anilines is 1. The van der Waals surface area contributed by atoms with Gasteiger partial charge in [-0.3, -0.25) is 9.10 Å². The SMILES string of the molecule is CCc1ccc2c(c1)-c1ccccc1S(=O)(=O)N2CC(=O)NC[C@@H]1CCCO1. The van der Waals surface area contributed by atoms with Gasteiger partial charge in [-0.2, -0.15) is 0 Å². The lowest BCUT2D eigenvalue weighted by molar-refractivity contribution is -0.120. The number of amides is 1. The Balaban J connectivity index is 1.66. The molecule has 0 saturated carbocycles. The fourth-order valence-corrected chi connectivity index (χ4v) is 5.44. The predicted octanol–water partition coefficient (Wildman–Crippen LogP) is 2.72. The lowest BCUT2D eigenvalue weighted by Crippen LogP contribution is -2.44. The average molecular weight is 401 g/mol. The molecule has 2 aromatic carbocycles. The third-order valence-electron chi connectivity index (χ3n) is 5.32. The molecule has 0 unspecified atom stereocenters. The second kappa shape index (κ2) is 7.56. The first-order valence-electron chi connectivity index (χ1n) is 9.64. The molecule has 0 aliphatic carbocycles. The number of rotatable bonds is 5. The van der Waals surface area contributed by atoms with Gasteiger partial charge in [0.15, 0.2) is 0 Å². The van der Waals surface area contributed by atoms with Gasteiger partial charge >= 0.3 is 0 Å². The number of carbonyl (C=O) groups is 1. The largest absolute Gasteiger partial charge is 0.376 e. The fraction of sp³-hybridized carbons (Fsp3) is 0.381. The maximum absolute atomic E-state index is 13.2. The summed E-state index contributed by atoms with van der Waals surface area (Å²) in [6.07, 6.45) is 2.77. The summed E-state index contributed by atoms with van der Waals surface area (Å²) in [6, 6.07) is 12.7. The number of aryl methyl sites for hydroxylation is 1. The van der Waals surface area contributed by atoms with Gasteiger partial charge in [-0.15, -0.1) is 0 Å². The standard InChI is InChI=1S/C21H24N2O4S/c1-2-15-9-10-19-18(12-15)17-7-3-4-8-20(17)28(25,26)23(19)14-21(24)22-13-16-6-5-11-27-16/h3-4,7-10,12,16H,2,5-6,11,13-14H2,1H3,(H,22,24)/t16-/m0/s1. The number of hydrogen-bond acceptors (Lipinski definition) is 4. The molecule has 6 nitrogen and oxygen atoms in total. The Hall–Kier alpha value is -2.38. The Labute approximate surface area is 165 Å². The minimum atomic E-state index is -3.81. The van der Waals surface area contributed by atoms with Crippen LogP contribution in [0.4, 0.5) is 5.69 Å². The number of carbonyl (C=O) groups excluding carboxylic acids is 1. The van der Waals surface area contributed by atoms with Gasteiger partial charge < -0.3 is 10.1 Å². The van der Waals surface area contributed by atoms with Crippen molar-refractivity contribution in [2.45, 2.75) is 37.2 Å². The van der Waals surface area contributed by atoms with Crippen LogP contribution in [0, 0.1) is 0 Å². The van der Waals surface area contributed by atoms with E-state index in [4.69, 9.17) is 4.74 Å². The van der Waals surface area contributed by atoms with Crippen LogP contribution in [0.5, 0.6) is 0 Å². The first kappa shape index (κ1) is 19.0. The van der Waals surface area contributed by atoms with Gasteiger partial charge in [0.05, 0.1) is 16.7 Å². The highest BCUT2D eigenvalue weighted by Gasteiger charge is 2.36. The molecule has 2 aliphatic heterocycles. The lowest BCUT2D eigenvalue weighted by Gasteiger charge is -2.32. The number of nitrogens with zero attached hydrogens (tertiary/aromatic N) is 1. The van der Waals surface area contributed by atoms with Gasteiger partial charge in [0.1, 0.15) is 6.54 Å². The van der Waals surface area contributed by atoms with E-state index in [0.29, 0.717) is 24.4 Å². The molecule has 1 amide bonds. The molecule has 1 saturated heterocycles. The Morgan fingerprint density at radius 2 is 2.04 bits per heavy atom. The molecule has 28 heavy (non-hydrogen) atoms. The molecule has 7 heteroatoms. The molecule has 2 aromatic rings. The van der Waals surface area contributed by atoms with Crippen LogP contribution in [0.1, 0.15) is 25.3 Å². The van der Waals surface area contributed by atoms with E-state index in [1.54, 1.807) is 18.2 Å². The summed E-state index contributed by atoms with van der Waals surface area (Å²) in [5, 5.41) is 2.82. The highest BCUT2D eigenvalue weighted by atomic mass is 32.2. The molecule has 2 aliphatic rings. The monoisotopic (exact) mass is 400 g/mol. The number of hydrogen-bond donors (Lipinski definition) is 1. The van der Waals surface area contributed by atoms with E-state index in [1.165, 1.54) is 4.31 Å². The zero-order valence-electron chi connectivity index (χ0n) is 15.8. The van der Waals surface area contributed by atoms with Crippen molar-refractivity contribution in [1.82, 2.24) is 5.32 Å². The van der Waals surface area contributed by atoms with Crippen LogP contribution in [0.25, 0.3) is 11.1 Å². The highest BCUT2D eigenvalue weighted by Crippen LogP contribution is 2.43. The second-order valence-corrected chi connectivity index (χ2v) is 8.98. The first-order chi connectivity index (χ1) is 13.5. The maximum atomic E-state index is 13.2. The van der Waals surface area contributed by atoms with E-state index in [-0.39, 0.29) is 23.5 Å². The molecule has 2 heterocycles. The molecular formula is C21H24N2O4S. The molecular weight excluding hydrogens is 376 g/mol. The maximum Gasteiger partial charge on any atom is 0.265 e. The summed E-state index contributed by atoms with van der Waals surface area (Å²) in [4.78, 5) is 12.8. The van der Waals surface area contributed by atoms with E-state index in [2.05, 4.69) is 12.2 Å². The van der Waals surface area contributed by atoms with Gasteiger partial charge in [0.25, 0.3) is 10.0 Å². The van der Waals surface area contributed by atoms with Crippen molar-refractivity contribution in [3.05, 3.63) is 48.0 Å². The van der Waals surface area contributed by atoms with Crippen LogP contribution in [-0.2, 0) is 26.0 Å². The van der Waals surface area contributed by atoms with E-state index in [0.717, 1.165) is 30.4 Å². The summed E-state index contributed by atoms with van der Waals surface area (Å²) in [6.45, 7) is 2.93. The molecule has 1 fully saturated rings. The van der Waals surface area contributed by atoms with Crippen molar-refractivity contribution < 1.29 is 17.9 Å². The van der Waals surface area contributed by atoms with Crippen molar-refractivity contribution in [2.75, 3.05) is 24.0 Å². The molecule has 1 atom stereocenters.